The summed E-state index contributed by atoms with van der Waals surface area (Å²) in [6.45, 7) is 7.99. The van der Waals surface area contributed by atoms with E-state index in [1.807, 2.05) is 0 Å². The summed E-state index contributed by atoms with van der Waals surface area (Å²) in [4.78, 5) is 24.8. The highest BCUT2D eigenvalue weighted by Crippen LogP contribution is 2.64. The van der Waals surface area contributed by atoms with Crippen LogP contribution in [0.4, 0.5) is 0 Å². The van der Waals surface area contributed by atoms with Gasteiger partial charge in [0.05, 0.1) is 17.4 Å². The van der Waals surface area contributed by atoms with E-state index in [4.69, 9.17) is 14.2 Å². The van der Waals surface area contributed by atoms with Gasteiger partial charge in [-0.2, -0.15) is 0 Å². The Hall–Kier alpha value is -1.48. The van der Waals surface area contributed by atoms with E-state index in [0.29, 0.717) is 5.57 Å². The molecule has 3 N–H and O–H groups in total. The van der Waals surface area contributed by atoms with Crippen LogP contribution in [0.1, 0.15) is 41.0 Å². The monoisotopic (exact) mass is 396 g/mol. The number of hydrogen-bond donors (Lipinski definition) is 3. The molecule has 2 saturated heterocycles. The molecule has 4 rings (SSSR count). The van der Waals surface area contributed by atoms with E-state index in [0.717, 1.165) is 0 Å². The van der Waals surface area contributed by atoms with Gasteiger partial charge >= 0.3 is 11.9 Å². The van der Waals surface area contributed by atoms with Gasteiger partial charge in [0, 0.05) is 17.9 Å². The zero-order valence-electron chi connectivity index (χ0n) is 16.7. The molecule has 2 heterocycles. The zero-order chi connectivity index (χ0) is 20.8. The fraction of sp³-hybridized carbons (Fsp3) is 0.800. The van der Waals surface area contributed by atoms with Crippen LogP contribution in [0.15, 0.2) is 11.6 Å². The molecule has 0 spiro atoms. The first kappa shape index (κ1) is 19.8. The quantitative estimate of drug-likeness (QED) is 0.340. The van der Waals surface area contributed by atoms with Crippen molar-refractivity contribution in [2.45, 2.75) is 82.3 Å². The van der Waals surface area contributed by atoms with Gasteiger partial charge in [0.1, 0.15) is 35.6 Å². The number of rotatable bonds is 2. The number of allylic oxidation sites excluding steroid dienone is 1. The van der Waals surface area contributed by atoms with Gasteiger partial charge in [-0.15, -0.1) is 0 Å². The van der Waals surface area contributed by atoms with E-state index >= 15 is 0 Å². The second-order valence-corrected chi connectivity index (χ2v) is 9.17. The van der Waals surface area contributed by atoms with Crippen LogP contribution in [0.25, 0.3) is 0 Å². The third-order valence-corrected chi connectivity index (χ3v) is 7.42. The Morgan fingerprint density at radius 3 is 2.50 bits per heavy atom. The molecule has 4 aliphatic rings. The maximum Gasteiger partial charge on any atom is 0.333 e. The fourth-order valence-electron chi connectivity index (χ4n) is 5.66. The number of hydrogen-bond acceptors (Lipinski definition) is 8. The number of ether oxygens (including phenoxy) is 3. The topological polar surface area (TPSA) is 126 Å². The van der Waals surface area contributed by atoms with Crippen molar-refractivity contribution >= 4 is 11.9 Å². The summed E-state index contributed by atoms with van der Waals surface area (Å²) < 4.78 is 16.8. The van der Waals surface area contributed by atoms with Gasteiger partial charge < -0.3 is 29.5 Å². The second-order valence-electron chi connectivity index (χ2n) is 9.17. The smallest absolute Gasteiger partial charge is 0.333 e. The molecule has 10 atom stereocenters. The van der Waals surface area contributed by atoms with Crippen molar-refractivity contribution in [2.75, 3.05) is 0 Å². The molecule has 8 nitrogen and oxygen atoms in total. The van der Waals surface area contributed by atoms with E-state index in [1.165, 1.54) is 13.8 Å². The SMILES string of the molecule is C/C=C(/C)C(=O)O[C@H]1C[C@@](C)(O)[C@]2(O)[C@@H]3O[C@@H]3[C@@](C)(O)[C@@H]2[C@H]2OC(=O)[C@@H](C)[C@@H]21. The van der Waals surface area contributed by atoms with E-state index in [9.17, 15) is 24.9 Å². The molecule has 0 aromatic heterocycles. The molecule has 8 heteroatoms. The van der Waals surface area contributed by atoms with Gasteiger partial charge in [0.25, 0.3) is 0 Å². The molecule has 0 aromatic carbocycles. The highest BCUT2D eigenvalue weighted by atomic mass is 16.6. The van der Waals surface area contributed by atoms with Crippen molar-refractivity contribution in [3.05, 3.63) is 11.6 Å². The third-order valence-electron chi connectivity index (χ3n) is 7.42. The number of carbonyl (C=O) groups is 2. The lowest BCUT2D eigenvalue weighted by molar-refractivity contribution is -0.231. The average Bonchev–Trinajstić information content (AvgIpc) is 3.33. The van der Waals surface area contributed by atoms with Crippen LogP contribution in [-0.2, 0) is 23.8 Å². The molecule has 28 heavy (non-hydrogen) atoms. The molecule has 4 fully saturated rings. The molecule has 0 unspecified atom stereocenters. The first-order valence-electron chi connectivity index (χ1n) is 9.75. The van der Waals surface area contributed by atoms with Crippen molar-refractivity contribution in [3.8, 4) is 0 Å². The molecule has 0 amide bonds. The number of fused-ring (bicyclic) bond motifs is 5. The molecule has 156 valence electrons. The van der Waals surface area contributed by atoms with E-state index in [1.54, 1.807) is 26.8 Å². The predicted octanol–water partition coefficient (Wildman–Crippen LogP) is 0.0761. The molecular weight excluding hydrogens is 368 g/mol. The van der Waals surface area contributed by atoms with Crippen LogP contribution < -0.4 is 0 Å². The number of aliphatic hydroxyl groups is 3. The fourth-order valence-corrected chi connectivity index (χ4v) is 5.66. The molecule has 0 bridgehead atoms. The molecular formula is C20H28O8. The lowest BCUT2D eigenvalue weighted by atomic mass is 9.70. The summed E-state index contributed by atoms with van der Waals surface area (Å²) in [6.07, 6.45) is -1.68. The van der Waals surface area contributed by atoms with Gasteiger partial charge in [-0.25, -0.2) is 4.79 Å². The van der Waals surface area contributed by atoms with Gasteiger partial charge in [-0.1, -0.05) is 13.0 Å². The molecule has 2 aliphatic heterocycles. The van der Waals surface area contributed by atoms with Gasteiger partial charge in [0.15, 0.2) is 0 Å². The van der Waals surface area contributed by atoms with Gasteiger partial charge in [0.2, 0.25) is 0 Å². The van der Waals surface area contributed by atoms with Crippen LogP contribution in [0.2, 0.25) is 0 Å². The van der Waals surface area contributed by atoms with Gasteiger partial charge in [-0.05, 0) is 27.7 Å². The van der Waals surface area contributed by atoms with Crippen LogP contribution in [0.3, 0.4) is 0 Å². The summed E-state index contributed by atoms with van der Waals surface area (Å²) >= 11 is 0. The van der Waals surface area contributed by atoms with Gasteiger partial charge in [-0.3, -0.25) is 4.79 Å². The second kappa shape index (κ2) is 5.78. The lowest BCUT2D eigenvalue weighted by Gasteiger charge is -2.46. The Morgan fingerprint density at radius 1 is 1.25 bits per heavy atom. The highest BCUT2D eigenvalue weighted by molar-refractivity contribution is 5.87. The third kappa shape index (κ3) is 2.32. The summed E-state index contributed by atoms with van der Waals surface area (Å²) in [5.41, 5.74) is -4.68. The molecule has 2 saturated carbocycles. The summed E-state index contributed by atoms with van der Waals surface area (Å²) in [7, 11) is 0. The summed E-state index contributed by atoms with van der Waals surface area (Å²) in [6, 6.07) is 0. The number of epoxide rings is 1. The Morgan fingerprint density at radius 2 is 1.89 bits per heavy atom. The zero-order valence-corrected chi connectivity index (χ0v) is 16.7. The van der Waals surface area contributed by atoms with Crippen molar-refractivity contribution in [1.29, 1.82) is 0 Å². The normalized spacial score (nSPS) is 54.9. The minimum atomic E-state index is -1.84. The van der Waals surface area contributed by atoms with Crippen molar-refractivity contribution in [3.63, 3.8) is 0 Å². The Labute approximate surface area is 163 Å². The summed E-state index contributed by atoms with van der Waals surface area (Å²) in [5, 5.41) is 34.1. The van der Waals surface area contributed by atoms with Crippen LogP contribution in [-0.4, -0.2) is 68.5 Å². The van der Waals surface area contributed by atoms with Crippen LogP contribution in [0, 0.1) is 17.8 Å². The van der Waals surface area contributed by atoms with Crippen molar-refractivity contribution in [1.82, 2.24) is 0 Å². The maximum absolute atomic E-state index is 12.4. The Balaban J connectivity index is 1.80. The van der Waals surface area contributed by atoms with Crippen molar-refractivity contribution < 1.29 is 39.1 Å². The Kier molecular flexibility index (Phi) is 4.09. The summed E-state index contributed by atoms with van der Waals surface area (Å²) in [5.74, 6) is -3.21. The number of esters is 2. The first-order valence-corrected chi connectivity index (χ1v) is 9.75. The predicted molar refractivity (Wildman–Crippen MR) is 94.8 cm³/mol. The molecule has 0 aromatic rings. The minimum Gasteiger partial charge on any atom is -0.461 e. The standard InChI is InChI=1S/C20H28O8/c1-6-8(2)16(21)26-10-7-18(4,23)20(25)13(19(5,24)14-15(20)28-14)12-11(10)9(3)17(22)27-12/h6,9-15,23-25H,7H2,1-5H3/b8-6-/t9-,10-,11+,12-,13-,14-,15+,18+,19-,20+/m0/s1. The lowest BCUT2D eigenvalue weighted by Crippen LogP contribution is -2.64. The highest BCUT2D eigenvalue weighted by Gasteiger charge is 2.83. The number of carbonyl (C=O) groups excluding carboxylic acids is 2. The largest absolute Gasteiger partial charge is 0.461 e. The molecule has 2 aliphatic carbocycles. The molecule has 0 radical (unpaired) electrons. The van der Waals surface area contributed by atoms with E-state index in [-0.39, 0.29) is 6.42 Å². The van der Waals surface area contributed by atoms with Crippen molar-refractivity contribution in [2.24, 2.45) is 17.8 Å². The first-order chi connectivity index (χ1) is 12.9. The van der Waals surface area contributed by atoms with E-state index < -0.39 is 70.9 Å². The Bertz CT molecular complexity index is 755. The maximum atomic E-state index is 12.4. The average molecular weight is 396 g/mol. The minimum absolute atomic E-state index is 0.104. The van der Waals surface area contributed by atoms with E-state index in [2.05, 4.69) is 0 Å². The van der Waals surface area contributed by atoms with Crippen LogP contribution in [0.5, 0.6) is 0 Å². The van der Waals surface area contributed by atoms with Crippen LogP contribution >= 0.6 is 0 Å².